The Kier molecular flexibility index (Phi) is 17.2. The number of rotatable bonds is 23. The first kappa shape index (κ1) is 33.4. The van der Waals surface area contributed by atoms with Gasteiger partial charge in [-0.05, 0) is 31.4 Å². The number of amides is 1. The van der Waals surface area contributed by atoms with Crippen molar-refractivity contribution >= 4 is 16.9 Å². The van der Waals surface area contributed by atoms with Crippen molar-refractivity contribution in [3.8, 4) is 0 Å². The van der Waals surface area contributed by atoms with Gasteiger partial charge in [-0.1, -0.05) is 143 Å². The van der Waals surface area contributed by atoms with Crippen molar-refractivity contribution < 1.29 is 4.79 Å². The van der Waals surface area contributed by atoms with Gasteiger partial charge in [0.2, 0.25) is 5.91 Å². The summed E-state index contributed by atoms with van der Waals surface area (Å²) in [5.74, 6) is 1.37. The van der Waals surface area contributed by atoms with Gasteiger partial charge in [-0.25, -0.2) is 4.98 Å². The summed E-state index contributed by atoms with van der Waals surface area (Å²) < 4.78 is 2.47. The van der Waals surface area contributed by atoms with Crippen molar-refractivity contribution in [2.24, 2.45) is 5.41 Å². The molecule has 4 heteroatoms. The van der Waals surface area contributed by atoms with Gasteiger partial charge in [0.25, 0.3) is 0 Å². The van der Waals surface area contributed by atoms with Crippen LogP contribution in [-0.4, -0.2) is 22.0 Å². The molecule has 0 saturated heterocycles. The maximum absolute atomic E-state index is 12.0. The highest BCUT2D eigenvalue weighted by Gasteiger charge is 2.20. The van der Waals surface area contributed by atoms with Crippen molar-refractivity contribution in [1.82, 2.24) is 14.9 Å². The molecule has 222 valence electrons. The van der Waals surface area contributed by atoms with Crippen molar-refractivity contribution in [2.45, 2.75) is 163 Å². The number of carbonyl (C=O) groups excluding carboxylic acids is 1. The van der Waals surface area contributed by atoms with Crippen LogP contribution in [-0.2, 0) is 17.8 Å². The molecule has 0 aliphatic carbocycles. The minimum Gasteiger partial charge on any atom is -0.356 e. The third kappa shape index (κ3) is 14.4. The summed E-state index contributed by atoms with van der Waals surface area (Å²) >= 11 is 0. The van der Waals surface area contributed by atoms with Gasteiger partial charge in [0.05, 0.1) is 11.0 Å². The van der Waals surface area contributed by atoms with Crippen LogP contribution < -0.4 is 5.32 Å². The van der Waals surface area contributed by atoms with E-state index in [1.54, 1.807) is 0 Å². The molecule has 0 atom stereocenters. The molecule has 0 bridgehead atoms. The molecule has 1 heterocycles. The largest absolute Gasteiger partial charge is 0.356 e. The van der Waals surface area contributed by atoms with Gasteiger partial charge in [0, 0.05) is 24.9 Å². The lowest BCUT2D eigenvalue weighted by Gasteiger charge is -2.17. The van der Waals surface area contributed by atoms with Gasteiger partial charge < -0.3 is 9.88 Å². The molecule has 0 radical (unpaired) electrons. The number of hydrogen-bond acceptors (Lipinski definition) is 2. The lowest BCUT2D eigenvalue weighted by molar-refractivity contribution is -0.128. The standard InChI is InChI=1S/C35H61N3O/c1-5-6-7-8-9-10-11-12-13-14-15-16-17-18-19-25-30-38-32-27-23-22-26-31(32)37-33(38)28-21-20-24-29-36-34(39)35(2,3)4/h22-23,26-27H,5-21,24-25,28-30H2,1-4H3,(H,36,39). The molecule has 2 aromatic rings. The Morgan fingerprint density at radius 1 is 0.718 bits per heavy atom. The monoisotopic (exact) mass is 539 g/mol. The van der Waals surface area contributed by atoms with Gasteiger partial charge in [-0.15, -0.1) is 0 Å². The third-order valence-electron chi connectivity index (χ3n) is 8.01. The molecule has 0 aliphatic rings. The molecule has 1 aromatic heterocycles. The van der Waals surface area contributed by atoms with Gasteiger partial charge in [-0.2, -0.15) is 0 Å². The highest BCUT2D eigenvalue weighted by atomic mass is 16.2. The molecule has 0 fully saturated rings. The van der Waals surface area contributed by atoms with E-state index in [0.29, 0.717) is 0 Å². The molecule has 1 aromatic carbocycles. The third-order valence-corrected chi connectivity index (χ3v) is 8.01. The minimum absolute atomic E-state index is 0.142. The first-order valence-corrected chi connectivity index (χ1v) is 16.7. The Hall–Kier alpha value is -1.84. The predicted molar refractivity (Wildman–Crippen MR) is 169 cm³/mol. The van der Waals surface area contributed by atoms with Crippen molar-refractivity contribution in [3.63, 3.8) is 0 Å². The lowest BCUT2D eigenvalue weighted by Crippen LogP contribution is -2.35. The summed E-state index contributed by atoms with van der Waals surface area (Å²) in [7, 11) is 0. The molecule has 2 rings (SSSR count). The van der Waals surface area contributed by atoms with Gasteiger partial charge in [0.15, 0.2) is 0 Å². The van der Waals surface area contributed by atoms with E-state index in [4.69, 9.17) is 4.98 Å². The zero-order chi connectivity index (χ0) is 28.2. The van der Waals surface area contributed by atoms with Crippen LogP contribution in [0.25, 0.3) is 11.0 Å². The molecular weight excluding hydrogens is 478 g/mol. The second kappa shape index (κ2) is 20.1. The number of nitrogens with one attached hydrogen (secondary N) is 1. The molecule has 1 amide bonds. The van der Waals surface area contributed by atoms with Crippen molar-refractivity contribution in [1.29, 1.82) is 0 Å². The molecule has 0 saturated carbocycles. The number of fused-ring (bicyclic) bond motifs is 1. The average Bonchev–Trinajstić information content (AvgIpc) is 3.27. The summed E-state index contributed by atoms with van der Waals surface area (Å²) in [6, 6.07) is 8.59. The number of para-hydroxylation sites is 2. The van der Waals surface area contributed by atoms with Crippen molar-refractivity contribution in [2.75, 3.05) is 6.54 Å². The smallest absolute Gasteiger partial charge is 0.225 e. The maximum atomic E-state index is 12.0. The molecule has 0 spiro atoms. The topological polar surface area (TPSA) is 46.9 Å². The van der Waals surface area contributed by atoms with E-state index in [1.807, 2.05) is 20.8 Å². The van der Waals surface area contributed by atoms with E-state index in [0.717, 1.165) is 44.3 Å². The van der Waals surface area contributed by atoms with Crippen LogP contribution in [0.4, 0.5) is 0 Å². The molecular formula is C35H61N3O. The fourth-order valence-electron chi connectivity index (χ4n) is 5.44. The second-order valence-corrected chi connectivity index (χ2v) is 12.8. The van der Waals surface area contributed by atoms with Gasteiger partial charge in [0.1, 0.15) is 5.82 Å². The molecule has 4 nitrogen and oxygen atoms in total. The first-order valence-electron chi connectivity index (χ1n) is 16.7. The van der Waals surface area contributed by atoms with Crippen LogP contribution in [0, 0.1) is 5.41 Å². The number of benzene rings is 1. The van der Waals surface area contributed by atoms with Crippen LogP contribution in [0.3, 0.4) is 0 Å². The summed E-state index contributed by atoms with van der Waals surface area (Å²) in [5, 5.41) is 3.07. The Labute approximate surface area is 241 Å². The minimum atomic E-state index is -0.308. The zero-order valence-corrected chi connectivity index (χ0v) is 26.2. The number of nitrogens with zero attached hydrogens (tertiary/aromatic N) is 2. The fourth-order valence-corrected chi connectivity index (χ4v) is 5.44. The Bertz CT molecular complexity index is 895. The fraction of sp³-hybridized carbons (Fsp3) is 0.771. The number of aryl methyl sites for hydroxylation is 2. The van der Waals surface area contributed by atoms with E-state index < -0.39 is 0 Å². The SMILES string of the molecule is CCCCCCCCCCCCCCCCCCn1c(CCCCCNC(=O)C(C)(C)C)nc2ccccc21. The lowest BCUT2D eigenvalue weighted by atomic mass is 9.96. The molecule has 0 unspecified atom stereocenters. The Morgan fingerprint density at radius 2 is 1.23 bits per heavy atom. The van der Waals surface area contributed by atoms with E-state index in [2.05, 4.69) is 41.1 Å². The normalized spacial score (nSPS) is 11.9. The van der Waals surface area contributed by atoms with E-state index >= 15 is 0 Å². The number of aromatic nitrogens is 2. The molecule has 1 N–H and O–H groups in total. The van der Waals surface area contributed by atoms with E-state index in [1.165, 1.54) is 114 Å². The van der Waals surface area contributed by atoms with Crippen molar-refractivity contribution in [3.05, 3.63) is 30.1 Å². The Morgan fingerprint density at radius 3 is 1.79 bits per heavy atom. The van der Waals surface area contributed by atoms with Gasteiger partial charge in [-0.3, -0.25) is 4.79 Å². The summed E-state index contributed by atoms with van der Waals surface area (Å²) in [4.78, 5) is 17.0. The molecule has 0 aliphatic heterocycles. The molecule has 39 heavy (non-hydrogen) atoms. The quantitative estimate of drug-likeness (QED) is 0.143. The summed E-state index contributed by atoms with van der Waals surface area (Å²) in [5.41, 5.74) is 2.10. The predicted octanol–water partition coefficient (Wildman–Crippen LogP) is 10.2. The number of unbranched alkanes of at least 4 members (excludes halogenated alkanes) is 17. The maximum Gasteiger partial charge on any atom is 0.225 e. The van der Waals surface area contributed by atoms with E-state index in [9.17, 15) is 4.79 Å². The zero-order valence-electron chi connectivity index (χ0n) is 26.2. The number of carbonyl (C=O) groups is 1. The summed E-state index contributed by atoms with van der Waals surface area (Å²) in [6.07, 6.45) is 26.8. The number of imidazole rings is 1. The highest BCUT2D eigenvalue weighted by molar-refractivity contribution is 5.81. The number of hydrogen-bond donors (Lipinski definition) is 1. The average molecular weight is 540 g/mol. The van der Waals surface area contributed by atoms with Crippen LogP contribution >= 0.6 is 0 Å². The Balaban J connectivity index is 1.56. The van der Waals surface area contributed by atoms with Crippen LogP contribution in [0.2, 0.25) is 0 Å². The second-order valence-electron chi connectivity index (χ2n) is 12.8. The highest BCUT2D eigenvalue weighted by Crippen LogP contribution is 2.20. The van der Waals surface area contributed by atoms with Crippen LogP contribution in [0.15, 0.2) is 24.3 Å². The van der Waals surface area contributed by atoms with E-state index in [-0.39, 0.29) is 11.3 Å². The van der Waals surface area contributed by atoms with Crippen LogP contribution in [0.1, 0.15) is 156 Å². The van der Waals surface area contributed by atoms with Crippen LogP contribution in [0.5, 0.6) is 0 Å². The first-order chi connectivity index (χ1) is 18.9. The van der Waals surface area contributed by atoms with Gasteiger partial charge >= 0.3 is 0 Å². The summed E-state index contributed by atoms with van der Waals surface area (Å²) in [6.45, 7) is 10.0.